The maximum atomic E-state index is 11.1. The Morgan fingerprint density at radius 2 is 2.04 bits per heavy atom. The summed E-state index contributed by atoms with van der Waals surface area (Å²) in [7, 11) is 0. The molecule has 1 amide bonds. The van der Waals surface area contributed by atoms with Gasteiger partial charge in [0.15, 0.2) is 0 Å². The first kappa shape index (κ1) is 19.8. The van der Waals surface area contributed by atoms with Crippen LogP contribution in [-0.2, 0) is 17.8 Å². The zero-order chi connectivity index (χ0) is 19.8. The van der Waals surface area contributed by atoms with Crippen molar-refractivity contribution >= 4 is 17.5 Å². The highest BCUT2D eigenvalue weighted by Crippen LogP contribution is 2.14. The van der Waals surface area contributed by atoms with Crippen molar-refractivity contribution in [2.45, 2.75) is 26.3 Å². The van der Waals surface area contributed by atoms with Crippen LogP contribution in [0, 0.1) is 0 Å². The van der Waals surface area contributed by atoms with Gasteiger partial charge in [-0.05, 0) is 54.3 Å². The Balaban J connectivity index is 1.61. The number of aromatic nitrogens is 2. The van der Waals surface area contributed by atoms with E-state index >= 15 is 0 Å². The van der Waals surface area contributed by atoms with Gasteiger partial charge in [-0.1, -0.05) is 37.3 Å². The summed E-state index contributed by atoms with van der Waals surface area (Å²) in [4.78, 5) is 13.5. The van der Waals surface area contributed by atoms with Crippen LogP contribution in [0.5, 0.6) is 0 Å². The molecule has 6 heteroatoms. The van der Waals surface area contributed by atoms with Crippen molar-refractivity contribution in [3.05, 3.63) is 77.6 Å². The number of fused-ring (bicyclic) bond motifs is 1. The molecular weight excluding hydrogens is 352 g/mol. The number of hydrogen-bond donors (Lipinski definition) is 2. The maximum Gasteiger partial charge on any atom is 0.267 e. The third-order valence-electron chi connectivity index (χ3n) is 4.67. The second-order valence-electron chi connectivity index (χ2n) is 6.78. The van der Waals surface area contributed by atoms with E-state index in [9.17, 15) is 4.79 Å². The fraction of sp³-hybridized carbons (Fsp3) is 0.273. The standard InChI is InChI=1S/C22H26N4O2/c1-2-13-25(15-12-20-16-23-26-14-4-3-5-21(20)26)17-19-8-6-18(7-9-19)10-11-22(27)24-28/h3-11,14,16,28H,2,12-13,15,17H2,1H3,(H,24,27)/b11-10+. The number of hydrogen-bond acceptors (Lipinski definition) is 4. The van der Waals surface area contributed by atoms with Crippen LogP contribution in [0.4, 0.5) is 0 Å². The van der Waals surface area contributed by atoms with Gasteiger partial charge >= 0.3 is 0 Å². The molecule has 0 unspecified atom stereocenters. The Kier molecular flexibility index (Phi) is 6.94. The number of benzene rings is 1. The zero-order valence-electron chi connectivity index (χ0n) is 16.1. The summed E-state index contributed by atoms with van der Waals surface area (Å²) in [6.07, 6.45) is 8.97. The van der Waals surface area contributed by atoms with Gasteiger partial charge in [0.2, 0.25) is 0 Å². The molecule has 0 spiro atoms. The largest absolute Gasteiger partial charge is 0.299 e. The Labute approximate surface area is 165 Å². The lowest BCUT2D eigenvalue weighted by Gasteiger charge is -2.21. The molecule has 0 atom stereocenters. The van der Waals surface area contributed by atoms with Gasteiger partial charge in [0.1, 0.15) is 0 Å². The molecule has 3 rings (SSSR count). The van der Waals surface area contributed by atoms with Gasteiger partial charge in [-0.15, -0.1) is 0 Å². The van der Waals surface area contributed by atoms with E-state index in [-0.39, 0.29) is 0 Å². The third kappa shape index (κ3) is 5.28. The summed E-state index contributed by atoms with van der Waals surface area (Å²) >= 11 is 0. The summed E-state index contributed by atoms with van der Waals surface area (Å²) < 4.78 is 1.92. The van der Waals surface area contributed by atoms with Crippen LogP contribution in [0.1, 0.15) is 30.0 Å². The first-order valence-electron chi connectivity index (χ1n) is 9.54. The number of amides is 1. The fourth-order valence-corrected chi connectivity index (χ4v) is 3.25. The Morgan fingerprint density at radius 3 is 2.79 bits per heavy atom. The van der Waals surface area contributed by atoms with Crippen molar-refractivity contribution in [1.82, 2.24) is 20.0 Å². The van der Waals surface area contributed by atoms with Crippen molar-refractivity contribution in [2.75, 3.05) is 13.1 Å². The van der Waals surface area contributed by atoms with E-state index in [2.05, 4.69) is 35.1 Å². The topological polar surface area (TPSA) is 69.9 Å². The zero-order valence-corrected chi connectivity index (χ0v) is 16.1. The van der Waals surface area contributed by atoms with Crippen molar-refractivity contribution < 1.29 is 10.0 Å². The molecule has 0 saturated carbocycles. The molecule has 0 fully saturated rings. The Bertz CT molecular complexity index is 931. The highest BCUT2D eigenvalue weighted by molar-refractivity contribution is 5.90. The van der Waals surface area contributed by atoms with Gasteiger partial charge in [-0.2, -0.15) is 5.10 Å². The van der Waals surface area contributed by atoms with E-state index in [1.165, 1.54) is 22.7 Å². The van der Waals surface area contributed by atoms with Crippen LogP contribution >= 0.6 is 0 Å². The first-order chi connectivity index (χ1) is 13.7. The van der Waals surface area contributed by atoms with Crippen molar-refractivity contribution in [3.63, 3.8) is 0 Å². The summed E-state index contributed by atoms with van der Waals surface area (Å²) in [6.45, 7) is 5.09. The number of pyridine rings is 1. The highest BCUT2D eigenvalue weighted by atomic mass is 16.5. The molecule has 0 aliphatic carbocycles. The van der Waals surface area contributed by atoms with Crippen LogP contribution in [0.2, 0.25) is 0 Å². The summed E-state index contributed by atoms with van der Waals surface area (Å²) in [5.74, 6) is -0.536. The quantitative estimate of drug-likeness (QED) is 0.340. The van der Waals surface area contributed by atoms with Gasteiger partial charge in [-0.3, -0.25) is 14.9 Å². The first-order valence-corrected chi connectivity index (χ1v) is 9.54. The van der Waals surface area contributed by atoms with Gasteiger partial charge in [0.25, 0.3) is 5.91 Å². The lowest BCUT2D eigenvalue weighted by Crippen LogP contribution is -2.26. The predicted octanol–water partition coefficient (Wildman–Crippen LogP) is 3.31. The van der Waals surface area contributed by atoms with E-state index in [1.54, 1.807) is 11.6 Å². The average Bonchev–Trinajstić information content (AvgIpc) is 3.14. The number of rotatable bonds is 9. The molecule has 146 valence electrons. The number of hydroxylamine groups is 1. The Hall–Kier alpha value is -2.96. The molecule has 0 aliphatic rings. The minimum atomic E-state index is -0.536. The molecule has 0 radical (unpaired) electrons. The third-order valence-corrected chi connectivity index (χ3v) is 4.67. The SMILES string of the molecule is CCCN(CCc1cnn2ccccc12)Cc1ccc(/C=C/C(=O)NO)cc1. The monoisotopic (exact) mass is 378 g/mol. The van der Waals surface area contributed by atoms with Gasteiger partial charge < -0.3 is 0 Å². The van der Waals surface area contributed by atoms with E-state index in [1.807, 2.05) is 41.2 Å². The van der Waals surface area contributed by atoms with E-state index in [0.29, 0.717) is 0 Å². The second-order valence-corrected chi connectivity index (χ2v) is 6.78. The van der Waals surface area contributed by atoms with Crippen LogP contribution in [-0.4, -0.2) is 38.7 Å². The molecule has 1 aromatic carbocycles. The molecule has 6 nitrogen and oxygen atoms in total. The normalized spacial score (nSPS) is 11.5. The minimum absolute atomic E-state index is 0.536. The molecule has 2 heterocycles. The fourth-order valence-electron chi connectivity index (χ4n) is 3.25. The van der Waals surface area contributed by atoms with E-state index in [4.69, 9.17) is 5.21 Å². The molecule has 2 aromatic heterocycles. The highest BCUT2D eigenvalue weighted by Gasteiger charge is 2.09. The molecule has 3 aromatic rings. The predicted molar refractivity (Wildman–Crippen MR) is 110 cm³/mol. The van der Waals surface area contributed by atoms with Gasteiger partial charge in [-0.25, -0.2) is 10.00 Å². The average molecular weight is 378 g/mol. The van der Waals surface area contributed by atoms with Crippen molar-refractivity contribution in [3.8, 4) is 0 Å². The Morgan fingerprint density at radius 1 is 1.21 bits per heavy atom. The minimum Gasteiger partial charge on any atom is -0.299 e. The van der Waals surface area contributed by atoms with Crippen LogP contribution in [0.25, 0.3) is 11.6 Å². The smallest absolute Gasteiger partial charge is 0.267 e. The van der Waals surface area contributed by atoms with Crippen LogP contribution in [0.15, 0.2) is 60.9 Å². The number of carbonyl (C=O) groups is 1. The van der Waals surface area contributed by atoms with Gasteiger partial charge in [0, 0.05) is 25.4 Å². The summed E-state index contributed by atoms with van der Waals surface area (Å²) in [6, 6.07) is 14.3. The van der Waals surface area contributed by atoms with Crippen LogP contribution < -0.4 is 5.48 Å². The lowest BCUT2D eigenvalue weighted by atomic mass is 10.1. The summed E-state index contributed by atoms with van der Waals surface area (Å²) in [5.41, 5.74) is 6.17. The van der Waals surface area contributed by atoms with Crippen molar-refractivity contribution in [2.24, 2.45) is 0 Å². The number of carbonyl (C=O) groups excluding carboxylic acids is 1. The number of nitrogens with zero attached hydrogens (tertiary/aromatic N) is 3. The molecule has 28 heavy (non-hydrogen) atoms. The summed E-state index contributed by atoms with van der Waals surface area (Å²) in [5, 5.41) is 12.9. The molecule has 0 aliphatic heterocycles. The van der Waals surface area contributed by atoms with E-state index < -0.39 is 5.91 Å². The molecule has 0 bridgehead atoms. The van der Waals surface area contributed by atoms with Gasteiger partial charge in [0.05, 0.1) is 11.7 Å². The lowest BCUT2D eigenvalue weighted by molar-refractivity contribution is -0.124. The molecule has 0 saturated heterocycles. The van der Waals surface area contributed by atoms with Crippen LogP contribution in [0.3, 0.4) is 0 Å². The second kappa shape index (κ2) is 9.82. The van der Waals surface area contributed by atoms with E-state index in [0.717, 1.165) is 38.0 Å². The molecular formula is C22H26N4O2. The number of nitrogens with one attached hydrogen (secondary N) is 1. The molecule has 2 N–H and O–H groups in total. The maximum absolute atomic E-state index is 11.1. The van der Waals surface area contributed by atoms with Crippen molar-refractivity contribution in [1.29, 1.82) is 0 Å².